The number of hydrogen-bond donors (Lipinski definition) is 1. The van der Waals surface area contributed by atoms with E-state index in [0.717, 1.165) is 43.9 Å². The van der Waals surface area contributed by atoms with Gasteiger partial charge in [0.2, 0.25) is 0 Å². The summed E-state index contributed by atoms with van der Waals surface area (Å²) in [6.45, 7) is 4.73. The highest BCUT2D eigenvalue weighted by Crippen LogP contribution is 2.20. The van der Waals surface area contributed by atoms with Crippen LogP contribution in [-0.4, -0.2) is 46.2 Å². The quantitative estimate of drug-likeness (QED) is 0.775. The lowest BCUT2D eigenvalue weighted by Gasteiger charge is -2.36. The molecule has 0 bridgehead atoms. The van der Waals surface area contributed by atoms with Gasteiger partial charge in [0.1, 0.15) is 18.2 Å². The van der Waals surface area contributed by atoms with Gasteiger partial charge in [0.05, 0.1) is 6.54 Å². The van der Waals surface area contributed by atoms with E-state index in [1.165, 1.54) is 6.42 Å². The van der Waals surface area contributed by atoms with Gasteiger partial charge in [-0.1, -0.05) is 18.2 Å². The van der Waals surface area contributed by atoms with Crippen molar-refractivity contribution in [1.82, 2.24) is 19.8 Å². The molecule has 1 aromatic carbocycles. The Bertz CT molecular complexity index is 686. The Balaban J connectivity index is 1.44. The van der Waals surface area contributed by atoms with Crippen molar-refractivity contribution < 1.29 is 9.53 Å². The van der Waals surface area contributed by atoms with E-state index >= 15 is 0 Å². The smallest absolute Gasteiger partial charge is 0.317 e. The van der Waals surface area contributed by atoms with Gasteiger partial charge >= 0.3 is 6.03 Å². The Kier molecular flexibility index (Phi) is 6.52. The fraction of sp³-hybridized carbons (Fsp3) is 0.500. The molecule has 0 aliphatic carbocycles. The number of carbonyl (C=O) groups excluding carboxylic acids is 1. The summed E-state index contributed by atoms with van der Waals surface area (Å²) in [5.41, 5.74) is 0. The molecule has 140 valence electrons. The van der Waals surface area contributed by atoms with Gasteiger partial charge in [0.15, 0.2) is 0 Å². The van der Waals surface area contributed by atoms with Crippen LogP contribution in [0.1, 0.15) is 31.5 Å². The molecule has 0 saturated carbocycles. The summed E-state index contributed by atoms with van der Waals surface area (Å²) in [5, 5.41) is 3.00. The first kappa shape index (κ1) is 18.3. The molecule has 1 atom stereocenters. The van der Waals surface area contributed by atoms with Crippen molar-refractivity contribution in [3.63, 3.8) is 0 Å². The maximum absolute atomic E-state index is 12.6. The third-order valence-electron chi connectivity index (χ3n) is 4.91. The van der Waals surface area contributed by atoms with Crippen molar-refractivity contribution in [3.8, 4) is 5.75 Å². The second-order valence-corrected chi connectivity index (χ2v) is 6.69. The highest BCUT2D eigenvalue weighted by atomic mass is 16.5. The van der Waals surface area contributed by atoms with Crippen LogP contribution in [0.25, 0.3) is 0 Å². The van der Waals surface area contributed by atoms with Crippen molar-refractivity contribution >= 4 is 6.03 Å². The fourth-order valence-electron chi connectivity index (χ4n) is 3.44. The van der Waals surface area contributed by atoms with Gasteiger partial charge in [-0.15, -0.1) is 0 Å². The number of aromatic nitrogens is 2. The summed E-state index contributed by atoms with van der Waals surface area (Å²) in [7, 11) is 0. The standard InChI is InChI=1S/C20H28N4O2/c1-17-21-11-15-23(17)14-10-18-7-5-6-13-24(18)20(25)22-12-16-26-19-8-3-2-4-9-19/h2-4,8-9,11,15,18H,5-7,10,12-14,16H2,1H3,(H,22,25)/t18-/m0/s1. The van der Waals surface area contributed by atoms with Gasteiger partial charge in [0.25, 0.3) is 0 Å². The summed E-state index contributed by atoms with van der Waals surface area (Å²) in [5.74, 6) is 1.85. The average Bonchev–Trinajstić information content (AvgIpc) is 3.09. The Morgan fingerprint density at radius 1 is 1.31 bits per heavy atom. The number of para-hydroxylation sites is 1. The molecule has 0 radical (unpaired) electrons. The third-order valence-corrected chi connectivity index (χ3v) is 4.91. The van der Waals surface area contributed by atoms with Crippen molar-refractivity contribution in [1.29, 1.82) is 0 Å². The number of benzene rings is 1. The van der Waals surface area contributed by atoms with Crippen LogP contribution >= 0.6 is 0 Å². The number of amides is 2. The minimum absolute atomic E-state index is 0.0220. The molecule has 3 rings (SSSR count). The van der Waals surface area contributed by atoms with E-state index in [-0.39, 0.29) is 6.03 Å². The molecule has 6 heteroatoms. The minimum atomic E-state index is 0.0220. The van der Waals surface area contributed by atoms with Crippen LogP contribution in [0, 0.1) is 6.92 Å². The molecule has 0 spiro atoms. The first-order valence-corrected chi connectivity index (χ1v) is 9.44. The first-order chi connectivity index (χ1) is 12.7. The van der Waals surface area contributed by atoms with E-state index in [1.807, 2.05) is 54.5 Å². The molecule has 1 N–H and O–H groups in total. The number of carbonyl (C=O) groups is 1. The number of nitrogens with zero attached hydrogens (tertiary/aromatic N) is 3. The first-order valence-electron chi connectivity index (χ1n) is 9.44. The summed E-state index contributed by atoms with van der Waals surface area (Å²) in [6, 6.07) is 9.98. The number of rotatable bonds is 7. The van der Waals surface area contributed by atoms with Gasteiger partial charge in [0, 0.05) is 31.5 Å². The van der Waals surface area contributed by atoms with Crippen molar-refractivity contribution in [2.45, 2.75) is 45.2 Å². The van der Waals surface area contributed by atoms with E-state index in [2.05, 4.69) is 14.9 Å². The summed E-state index contributed by atoms with van der Waals surface area (Å²) in [6.07, 6.45) is 8.13. The monoisotopic (exact) mass is 356 g/mol. The van der Waals surface area contributed by atoms with Crippen LogP contribution in [0.3, 0.4) is 0 Å². The molecular weight excluding hydrogens is 328 g/mol. The largest absolute Gasteiger partial charge is 0.492 e. The Hall–Kier alpha value is -2.50. The molecule has 0 unspecified atom stereocenters. The second-order valence-electron chi connectivity index (χ2n) is 6.69. The van der Waals surface area contributed by atoms with E-state index in [0.29, 0.717) is 19.2 Å². The number of ether oxygens (including phenoxy) is 1. The van der Waals surface area contributed by atoms with Crippen LogP contribution in [0.15, 0.2) is 42.7 Å². The number of hydrogen-bond acceptors (Lipinski definition) is 3. The van der Waals surface area contributed by atoms with Gasteiger partial charge in [-0.3, -0.25) is 0 Å². The predicted octanol–water partition coefficient (Wildman–Crippen LogP) is 3.22. The van der Waals surface area contributed by atoms with Crippen molar-refractivity contribution in [2.75, 3.05) is 19.7 Å². The van der Waals surface area contributed by atoms with Crippen molar-refractivity contribution in [2.24, 2.45) is 0 Å². The Labute approximate surface area is 155 Å². The average molecular weight is 356 g/mol. The summed E-state index contributed by atoms with van der Waals surface area (Å²) < 4.78 is 7.79. The van der Waals surface area contributed by atoms with E-state index < -0.39 is 0 Å². The number of aryl methyl sites for hydroxylation is 2. The third kappa shape index (κ3) is 5.00. The van der Waals surface area contributed by atoms with E-state index in [4.69, 9.17) is 4.74 Å². The lowest BCUT2D eigenvalue weighted by Crippen LogP contribution is -2.49. The Morgan fingerprint density at radius 2 is 2.15 bits per heavy atom. The number of piperidine rings is 1. The Morgan fingerprint density at radius 3 is 2.92 bits per heavy atom. The fourth-order valence-corrected chi connectivity index (χ4v) is 3.44. The molecular formula is C20H28N4O2. The zero-order valence-electron chi connectivity index (χ0n) is 15.4. The highest BCUT2D eigenvalue weighted by Gasteiger charge is 2.26. The SMILES string of the molecule is Cc1nccn1CC[C@@H]1CCCCN1C(=O)NCCOc1ccccc1. The number of imidazole rings is 1. The molecule has 1 aromatic heterocycles. The van der Waals surface area contributed by atoms with Crippen LogP contribution in [-0.2, 0) is 6.54 Å². The second kappa shape index (κ2) is 9.27. The van der Waals surface area contributed by atoms with E-state index in [9.17, 15) is 4.79 Å². The van der Waals surface area contributed by atoms with Gasteiger partial charge in [-0.2, -0.15) is 0 Å². The van der Waals surface area contributed by atoms with Crippen LogP contribution < -0.4 is 10.1 Å². The minimum Gasteiger partial charge on any atom is -0.492 e. The number of likely N-dealkylation sites (tertiary alicyclic amines) is 1. The van der Waals surface area contributed by atoms with Crippen LogP contribution in [0.5, 0.6) is 5.75 Å². The number of nitrogens with one attached hydrogen (secondary N) is 1. The highest BCUT2D eigenvalue weighted by molar-refractivity contribution is 5.74. The summed E-state index contributed by atoms with van der Waals surface area (Å²) >= 11 is 0. The maximum atomic E-state index is 12.6. The topological polar surface area (TPSA) is 59.4 Å². The lowest BCUT2D eigenvalue weighted by atomic mass is 9.99. The van der Waals surface area contributed by atoms with Crippen molar-refractivity contribution in [3.05, 3.63) is 48.5 Å². The molecule has 2 aromatic rings. The van der Waals surface area contributed by atoms with Gasteiger partial charge in [-0.05, 0) is 44.7 Å². The maximum Gasteiger partial charge on any atom is 0.317 e. The molecule has 2 heterocycles. The van der Waals surface area contributed by atoms with Crippen LogP contribution in [0.4, 0.5) is 4.79 Å². The molecule has 1 aliphatic rings. The van der Waals surface area contributed by atoms with Gasteiger partial charge in [-0.25, -0.2) is 9.78 Å². The van der Waals surface area contributed by atoms with Crippen LogP contribution in [0.2, 0.25) is 0 Å². The van der Waals surface area contributed by atoms with E-state index in [1.54, 1.807) is 0 Å². The summed E-state index contributed by atoms with van der Waals surface area (Å²) in [4.78, 5) is 18.9. The molecule has 2 amide bonds. The number of urea groups is 1. The predicted molar refractivity (Wildman–Crippen MR) is 101 cm³/mol. The zero-order valence-corrected chi connectivity index (χ0v) is 15.4. The molecule has 1 aliphatic heterocycles. The molecule has 26 heavy (non-hydrogen) atoms. The van der Waals surface area contributed by atoms with Gasteiger partial charge < -0.3 is 19.5 Å². The lowest BCUT2D eigenvalue weighted by molar-refractivity contribution is 0.142. The molecule has 1 fully saturated rings. The zero-order chi connectivity index (χ0) is 18.2. The normalized spacial score (nSPS) is 17.1. The molecule has 1 saturated heterocycles. The molecule has 6 nitrogen and oxygen atoms in total.